The molecule has 18 heavy (non-hydrogen) atoms. The second kappa shape index (κ2) is 22.0. The number of carbonyl (C=O) groups excluding carboxylic acids is 1. The van der Waals surface area contributed by atoms with Crippen molar-refractivity contribution in [2.75, 3.05) is 12.5 Å². The molecule has 7 heteroatoms. The first-order valence-electron chi connectivity index (χ1n) is 4.51. The molecule has 1 aromatic carbocycles. The fraction of sp³-hybridized carbons (Fsp3) is 0.364. The van der Waals surface area contributed by atoms with E-state index >= 15 is 0 Å². The molecule has 0 aromatic heterocycles. The maximum Gasteiger partial charge on any atom is 0.150 e. The highest BCUT2D eigenvalue weighted by molar-refractivity contribution is 8.76. The van der Waals surface area contributed by atoms with Gasteiger partial charge in [0, 0.05) is 5.56 Å². The Kier molecular flexibility index (Phi) is 32.3. The van der Waals surface area contributed by atoms with E-state index < -0.39 is 5.44 Å². The molecule has 0 amide bonds. The molecule has 0 radical (unpaired) electrons. The number of thiol groups is 1. The predicted octanol–water partition coefficient (Wildman–Crippen LogP) is 2.72. The first kappa shape index (κ1) is 26.4. The van der Waals surface area contributed by atoms with Gasteiger partial charge in [0.25, 0.3) is 0 Å². The van der Waals surface area contributed by atoms with Crippen LogP contribution in [0.25, 0.3) is 0 Å². The van der Waals surface area contributed by atoms with Crippen molar-refractivity contribution in [2.45, 2.75) is 12.4 Å². The van der Waals surface area contributed by atoms with E-state index in [4.69, 9.17) is 5.11 Å². The van der Waals surface area contributed by atoms with Gasteiger partial charge in [0.1, 0.15) is 6.29 Å². The Labute approximate surface area is 123 Å². The second-order valence-corrected chi connectivity index (χ2v) is 5.91. The number of aldehydes is 1. The van der Waals surface area contributed by atoms with Gasteiger partial charge >= 0.3 is 0 Å². The van der Waals surface area contributed by atoms with Crippen molar-refractivity contribution >= 4 is 40.5 Å². The molecule has 1 rings (SSSR count). The first-order chi connectivity index (χ1) is 7.58. The number of aliphatic hydroxyl groups excluding tert-OH is 1. The zero-order chi connectivity index (χ0) is 12.8. The molecular weight excluding hydrogens is 290 g/mol. The van der Waals surface area contributed by atoms with Crippen LogP contribution < -0.4 is 6.15 Å². The van der Waals surface area contributed by atoms with Gasteiger partial charge in [-0.15, -0.1) is 12.6 Å². The molecule has 108 valence electrons. The van der Waals surface area contributed by atoms with Crippen molar-refractivity contribution in [3.05, 3.63) is 35.9 Å². The SMILES string of the molecule is CC(O)S.CSSC.N.O.O=Cc1ccccc1. The van der Waals surface area contributed by atoms with Crippen LogP contribution in [0.1, 0.15) is 17.3 Å². The van der Waals surface area contributed by atoms with Gasteiger partial charge in [-0.3, -0.25) is 4.79 Å². The predicted molar refractivity (Wildman–Crippen MR) is 88.2 cm³/mol. The average Bonchev–Trinajstić information content (AvgIpc) is 2.30. The molecule has 1 unspecified atom stereocenters. The summed E-state index contributed by atoms with van der Waals surface area (Å²) in [5, 5.41) is 7.92. The Bertz CT molecular complexity index is 244. The molecule has 0 fully saturated rings. The summed E-state index contributed by atoms with van der Waals surface area (Å²) in [4.78, 5) is 10.0. The Hall–Kier alpha value is -0.180. The quantitative estimate of drug-likeness (QED) is 0.337. The zero-order valence-corrected chi connectivity index (χ0v) is 13.4. The standard InChI is InChI=1S/C7H6O.C2H6OS.C2H6S2.H3N.H2O/c8-6-7-4-2-1-3-5-7;1-2(3)4;1-3-4-2;;/h1-6H;2-4H,1H3;1-2H3;1H3;1H2. The summed E-state index contributed by atoms with van der Waals surface area (Å²) in [6, 6.07) is 9.10. The van der Waals surface area contributed by atoms with Gasteiger partial charge in [0.05, 0.1) is 5.44 Å². The van der Waals surface area contributed by atoms with E-state index in [2.05, 4.69) is 25.1 Å². The van der Waals surface area contributed by atoms with Gasteiger partial charge in [0.15, 0.2) is 0 Å². The minimum atomic E-state index is -0.472. The molecule has 0 bridgehead atoms. The maximum absolute atomic E-state index is 10.0. The highest BCUT2D eigenvalue weighted by Crippen LogP contribution is 2.09. The molecule has 1 aromatic rings. The van der Waals surface area contributed by atoms with Crippen LogP contribution in [0.2, 0.25) is 0 Å². The van der Waals surface area contributed by atoms with Gasteiger partial charge in [-0.25, -0.2) is 0 Å². The lowest BCUT2D eigenvalue weighted by Gasteiger charge is -1.81. The molecule has 6 N–H and O–H groups in total. The van der Waals surface area contributed by atoms with Crippen LogP contribution in [0, 0.1) is 0 Å². The summed E-state index contributed by atoms with van der Waals surface area (Å²) in [6.45, 7) is 1.59. The first-order valence-corrected chi connectivity index (χ1v) is 7.99. The van der Waals surface area contributed by atoms with Crippen molar-refractivity contribution in [3.63, 3.8) is 0 Å². The van der Waals surface area contributed by atoms with Gasteiger partial charge < -0.3 is 16.7 Å². The average molecular weight is 314 g/mol. The fourth-order valence-electron chi connectivity index (χ4n) is 0.532. The lowest BCUT2D eigenvalue weighted by Crippen LogP contribution is -1.79. The summed E-state index contributed by atoms with van der Waals surface area (Å²) in [6.07, 6.45) is 4.95. The summed E-state index contributed by atoms with van der Waals surface area (Å²) in [5.74, 6) is 0. The van der Waals surface area contributed by atoms with E-state index in [-0.39, 0.29) is 11.6 Å². The van der Waals surface area contributed by atoms with Crippen molar-refractivity contribution < 1.29 is 15.4 Å². The summed E-state index contributed by atoms with van der Waals surface area (Å²) in [5.41, 5.74) is 0.257. The van der Waals surface area contributed by atoms with Crippen LogP contribution in [0.4, 0.5) is 0 Å². The number of carbonyl (C=O) groups is 1. The van der Waals surface area contributed by atoms with E-state index in [1.54, 1.807) is 40.6 Å². The van der Waals surface area contributed by atoms with Gasteiger partial charge in [-0.05, 0) is 19.4 Å². The Morgan fingerprint density at radius 1 is 1.22 bits per heavy atom. The van der Waals surface area contributed by atoms with E-state index in [9.17, 15) is 4.79 Å². The lowest BCUT2D eigenvalue weighted by molar-refractivity contribution is 0.112. The van der Waals surface area contributed by atoms with E-state index in [0.717, 1.165) is 11.8 Å². The Morgan fingerprint density at radius 3 is 1.72 bits per heavy atom. The summed E-state index contributed by atoms with van der Waals surface area (Å²) >= 11 is 3.52. The smallest absolute Gasteiger partial charge is 0.150 e. The Balaban J connectivity index is -0.0000000860. The minimum absolute atomic E-state index is 0. The van der Waals surface area contributed by atoms with Crippen molar-refractivity contribution in [1.82, 2.24) is 6.15 Å². The lowest BCUT2D eigenvalue weighted by atomic mass is 10.2. The van der Waals surface area contributed by atoms with Gasteiger partial charge in [-0.1, -0.05) is 51.9 Å². The topological polar surface area (TPSA) is 104 Å². The number of rotatable bonds is 2. The summed E-state index contributed by atoms with van der Waals surface area (Å²) < 4.78 is 0. The van der Waals surface area contributed by atoms with Crippen LogP contribution in [-0.4, -0.2) is 34.8 Å². The number of aliphatic hydroxyl groups is 1. The van der Waals surface area contributed by atoms with E-state index in [1.165, 1.54) is 0 Å². The molecule has 0 saturated carbocycles. The van der Waals surface area contributed by atoms with E-state index in [0.29, 0.717) is 0 Å². The van der Waals surface area contributed by atoms with Crippen molar-refractivity contribution in [3.8, 4) is 0 Å². The zero-order valence-electron chi connectivity index (χ0n) is 10.9. The van der Waals surface area contributed by atoms with Crippen LogP contribution in [-0.2, 0) is 0 Å². The number of hydrogen-bond acceptors (Lipinski definition) is 6. The molecule has 0 aliphatic heterocycles. The molecule has 0 aliphatic rings. The van der Waals surface area contributed by atoms with E-state index in [1.807, 2.05) is 18.2 Å². The molecule has 0 spiro atoms. The molecule has 0 heterocycles. The Morgan fingerprint density at radius 2 is 1.56 bits per heavy atom. The molecule has 4 nitrogen and oxygen atoms in total. The van der Waals surface area contributed by atoms with Gasteiger partial charge in [-0.2, -0.15) is 0 Å². The summed E-state index contributed by atoms with van der Waals surface area (Å²) in [7, 11) is 3.55. The monoisotopic (exact) mass is 313 g/mol. The molecule has 0 aliphatic carbocycles. The van der Waals surface area contributed by atoms with Crippen LogP contribution in [0.5, 0.6) is 0 Å². The largest absolute Gasteiger partial charge is 0.412 e. The van der Waals surface area contributed by atoms with Crippen molar-refractivity contribution in [1.29, 1.82) is 0 Å². The fourth-order valence-corrected chi connectivity index (χ4v) is 0.532. The molecule has 1 atom stereocenters. The highest BCUT2D eigenvalue weighted by Gasteiger charge is 1.80. The van der Waals surface area contributed by atoms with Crippen LogP contribution >= 0.6 is 34.2 Å². The third-order valence-corrected chi connectivity index (χ3v) is 2.44. The number of hydrogen-bond donors (Lipinski definition) is 3. The van der Waals surface area contributed by atoms with Crippen LogP contribution in [0.15, 0.2) is 30.3 Å². The number of benzene rings is 1. The minimum Gasteiger partial charge on any atom is -0.412 e. The van der Waals surface area contributed by atoms with Gasteiger partial charge in [0.2, 0.25) is 0 Å². The van der Waals surface area contributed by atoms with Crippen molar-refractivity contribution in [2.24, 2.45) is 0 Å². The normalized spacial score (nSPS) is 8.94. The molecular formula is C11H23NO3S3. The third kappa shape index (κ3) is 29.7. The maximum atomic E-state index is 10.0. The molecule has 0 saturated heterocycles. The second-order valence-electron chi connectivity index (χ2n) is 2.49. The van der Waals surface area contributed by atoms with Crippen LogP contribution in [0.3, 0.4) is 0 Å². The highest BCUT2D eigenvalue weighted by atomic mass is 33.1. The third-order valence-electron chi connectivity index (χ3n) is 1.10.